The summed E-state index contributed by atoms with van der Waals surface area (Å²) in [5, 5.41) is 0. The van der Waals surface area contributed by atoms with Crippen molar-refractivity contribution in [1.29, 1.82) is 0 Å². The molecule has 0 N–H and O–H groups in total. The summed E-state index contributed by atoms with van der Waals surface area (Å²) in [6, 6.07) is 7.55. The predicted octanol–water partition coefficient (Wildman–Crippen LogP) is 3.16. The molecule has 7 heteroatoms. The molecular formula is C22H25NO6. The van der Waals surface area contributed by atoms with E-state index < -0.39 is 12.1 Å². The lowest BCUT2D eigenvalue weighted by molar-refractivity contribution is 0.00931. The van der Waals surface area contributed by atoms with E-state index in [1.807, 2.05) is 31.3 Å². The molecule has 7 nitrogen and oxygen atoms in total. The topological polar surface area (TPSA) is 66.5 Å². The minimum absolute atomic E-state index is 0.151. The molecule has 4 rings (SSSR count). The Morgan fingerprint density at radius 2 is 1.62 bits per heavy atom. The molecule has 2 aliphatic heterocycles. The maximum Gasteiger partial charge on any atom is 0.343 e. The average Bonchev–Trinajstić information content (AvgIpc) is 3.08. The van der Waals surface area contributed by atoms with Crippen LogP contribution in [-0.2, 0) is 11.2 Å². The van der Waals surface area contributed by atoms with Crippen LogP contribution in [0.5, 0.6) is 23.0 Å². The molecule has 2 aromatic rings. The van der Waals surface area contributed by atoms with Crippen molar-refractivity contribution < 1.29 is 28.5 Å². The van der Waals surface area contributed by atoms with E-state index in [-0.39, 0.29) is 6.04 Å². The van der Waals surface area contributed by atoms with Gasteiger partial charge in [-0.05, 0) is 42.8 Å². The molecule has 0 saturated heterocycles. The fourth-order valence-corrected chi connectivity index (χ4v) is 4.36. The summed E-state index contributed by atoms with van der Waals surface area (Å²) < 4.78 is 27.7. The Morgan fingerprint density at radius 3 is 2.28 bits per heavy atom. The van der Waals surface area contributed by atoms with Gasteiger partial charge in [0.25, 0.3) is 0 Å². The lowest BCUT2D eigenvalue weighted by Crippen LogP contribution is -2.36. The summed E-state index contributed by atoms with van der Waals surface area (Å²) in [4.78, 5) is 15.0. The third kappa shape index (κ3) is 2.97. The molecule has 0 unspecified atom stereocenters. The fraction of sp³-hybridized carbons (Fsp3) is 0.409. The van der Waals surface area contributed by atoms with E-state index >= 15 is 0 Å². The van der Waals surface area contributed by atoms with E-state index in [1.165, 1.54) is 7.11 Å². The van der Waals surface area contributed by atoms with E-state index in [0.717, 1.165) is 29.7 Å². The highest BCUT2D eigenvalue weighted by Crippen LogP contribution is 2.50. The van der Waals surface area contributed by atoms with Crippen LogP contribution in [0.1, 0.15) is 39.2 Å². The van der Waals surface area contributed by atoms with Gasteiger partial charge in [-0.25, -0.2) is 4.79 Å². The van der Waals surface area contributed by atoms with Crippen LogP contribution >= 0.6 is 0 Å². The summed E-state index contributed by atoms with van der Waals surface area (Å²) in [6.45, 7) is 0.837. The third-order valence-corrected chi connectivity index (χ3v) is 5.78. The number of carbonyl (C=O) groups is 1. The Labute approximate surface area is 170 Å². The van der Waals surface area contributed by atoms with Gasteiger partial charge >= 0.3 is 5.97 Å². The Morgan fingerprint density at radius 1 is 0.931 bits per heavy atom. The van der Waals surface area contributed by atoms with Crippen LogP contribution in [0.2, 0.25) is 0 Å². The summed E-state index contributed by atoms with van der Waals surface area (Å²) >= 11 is 0. The maximum atomic E-state index is 12.8. The van der Waals surface area contributed by atoms with Gasteiger partial charge < -0.3 is 23.7 Å². The predicted molar refractivity (Wildman–Crippen MR) is 106 cm³/mol. The van der Waals surface area contributed by atoms with Gasteiger partial charge in [0.15, 0.2) is 23.0 Å². The average molecular weight is 399 g/mol. The number of methoxy groups -OCH3 is 4. The number of nitrogens with zero attached hydrogens (tertiary/aromatic N) is 1. The van der Waals surface area contributed by atoms with Gasteiger partial charge in [0.05, 0.1) is 34.5 Å². The van der Waals surface area contributed by atoms with E-state index in [2.05, 4.69) is 4.90 Å². The Hall–Kier alpha value is -2.93. The number of cyclic esters (lactones) is 1. The molecule has 0 fully saturated rings. The van der Waals surface area contributed by atoms with Crippen LogP contribution in [0.25, 0.3) is 0 Å². The SMILES string of the molecule is COc1cc2c(cc1OC)[C@H]([C@H]1OC(=O)c3c1ccc(OC)c3OC)N(C)CC2. The van der Waals surface area contributed by atoms with Crippen LogP contribution in [0.15, 0.2) is 24.3 Å². The van der Waals surface area contributed by atoms with E-state index in [4.69, 9.17) is 23.7 Å². The molecule has 0 bridgehead atoms. The standard InChI is InChI=1S/C22H25NO6/c1-23-9-8-12-10-16(26-3)17(27-4)11-14(12)19(23)20-13-6-7-15(25-2)21(28-5)18(13)22(24)29-20/h6-7,10-11,19-20H,8-9H2,1-5H3/t19-,20+/m1/s1. The lowest BCUT2D eigenvalue weighted by atomic mass is 9.86. The summed E-state index contributed by atoms with van der Waals surface area (Å²) in [5.41, 5.74) is 3.46. The van der Waals surface area contributed by atoms with Crippen molar-refractivity contribution in [2.24, 2.45) is 0 Å². The molecular weight excluding hydrogens is 374 g/mol. The maximum absolute atomic E-state index is 12.8. The highest BCUT2D eigenvalue weighted by molar-refractivity contribution is 5.98. The van der Waals surface area contributed by atoms with Crippen molar-refractivity contribution in [2.75, 3.05) is 42.0 Å². The Bertz CT molecular complexity index is 957. The van der Waals surface area contributed by atoms with Gasteiger partial charge in [0, 0.05) is 12.1 Å². The molecule has 29 heavy (non-hydrogen) atoms. The number of benzene rings is 2. The molecule has 0 radical (unpaired) electrons. The van der Waals surface area contributed by atoms with E-state index in [0.29, 0.717) is 28.6 Å². The smallest absolute Gasteiger partial charge is 0.343 e. The zero-order valence-electron chi connectivity index (χ0n) is 17.3. The second kappa shape index (κ2) is 7.48. The van der Waals surface area contributed by atoms with Crippen LogP contribution in [0.3, 0.4) is 0 Å². The summed E-state index contributed by atoms with van der Waals surface area (Å²) in [7, 11) is 8.36. The van der Waals surface area contributed by atoms with Crippen molar-refractivity contribution >= 4 is 5.97 Å². The molecule has 2 heterocycles. The first-order valence-corrected chi connectivity index (χ1v) is 9.44. The van der Waals surface area contributed by atoms with Crippen molar-refractivity contribution in [3.05, 3.63) is 46.5 Å². The number of fused-ring (bicyclic) bond motifs is 2. The largest absolute Gasteiger partial charge is 0.493 e. The zero-order valence-corrected chi connectivity index (χ0v) is 17.3. The molecule has 0 amide bonds. The number of likely N-dealkylation sites (N-methyl/N-ethyl adjacent to an activating group) is 1. The van der Waals surface area contributed by atoms with Crippen molar-refractivity contribution in [2.45, 2.75) is 18.6 Å². The number of carbonyl (C=O) groups excluding carboxylic acids is 1. The minimum Gasteiger partial charge on any atom is -0.493 e. The number of esters is 1. The summed E-state index contributed by atoms with van der Waals surface area (Å²) in [6.07, 6.45) is 0.418. The van der Waals surface area contributed by atoms with Crippen LogP contribution in [-0.4, -0.2) is 52.9 Å². The molecule has 0 saturated carbocycles. The minimum atomic E-state index is -0.459. The number of rotatable bonds is 5. The first kappa shape index (κ1) is 19.4. The third-order valence-electron chi connectivity index (χ3n) is 5.78. The molecule has 154 valence electrons. The van der Waals surface area contributed by atoms with E-state index in [1.54, 1.807) is 21.3 Å². The number of hydrogen-bond acceptors (Lipinski definition) is 7. The van der Waals surface area contributed by atoms with Crippen molar-refractivity contribution in [1.82, 2.24) is 4.90 Å². The first-order chi connectivity index (χ1) is 14.0. The quantitative estimate of drug-likeness (QED) is 0.716. The van der Waals surface area contributed by atoms with Crippen molar-refractivity contribution in [3.8, 4) is 23.0 Å². The Balaban J connectivity index is 1.85. The van der Waals surface area contributed by atoms with Gasteiger partial charge in [-0.3, -0.25) is 4.90 Å². The monoisotopic (exact) mass is 399 g/mol. The summed E-state index contributed by atoms with van der Waals surface area (Å²) in [5.74, 6) is 1.87. The van der Waals surface area contributed by atoms with Gasteiger partial charge in [-0.15, -0.1) is 0 Å². The molecule has 0 spiro atoms. The molecule has 0 aliphatic carbocycles. The number of ether oxygens (including phenoxy) is 5. The number of hydrogen-bond donors (Lipinski definition) is 0. The lowest BCUT2D eigenvalue weighted by Gasteiger charge is -2.38. The highest BCUT2D eigenvalue weighted by Gasteiger charge is 2.44. The van der Waals surface area contributed by atoms with Gasteiger partial charge in [0.1, 0.15) is 11.7 Å². The fourth-order valence-electron chi connectivity index (χ4n) is 4.36. The molecule has 2 aliphatic rings. The highest BCUT2D eigenvalue weighted by atomic mass is 16.6. The van der Waals surface area contributed by atoms with Crippen LogP contribution in [0, 0.1) is 0 Å². The normalized spacial score (nSPS) is 20.5. The first-order valence-electron chi connectivity index (χ1n) is 9.44. The molecule has 2 aromatic carbocycles. The molecule has 2 atom stereocenters. The van der Waals surface area contributed by atoms with Gasteiger partial charge in [-0.2, -0.15) is 0 Å². The van der Waals surface area contributed by atoms with Gasteiger partial charge in [-0.1, -0.05) is 6.07 Å². The van der Waals surface area contributed by atoms with Crippen LogP contribution < -0.4 is 18.9 Å². The second-order valence-corrected chi connectivity index (χ2v) is 7.17. The van der Waals surface area contributed by atoms with Crippen LogP contribution in [0.4, 0.5) is 0 Å². The zero-order chi connectivity index (χ0) is 20.7. The van der Waals surface area contributed by atoms with E-state index in [9.17, 15) is 4.79 Å². The molecule has 0 aromatic heterocycles. The van der Waals surface area contributed by atoms with Gasteiger partial charge in [0.2, 0.25) is 0 Å². The second-order valence-electron chi connectivity index (χ2n) is 7.17. The Kier molecular flexibility index (Phi) is 5.00. The van der Waals surface area contributed by atoms with Crippen molar-refractivity contribution in [3.63, 3.8) is 0 Å².